The van der Waals surface area contributed by atoms with Gasteiger partial charge in [-0.2, -0.15) is 0 Å². The van der Waals surface area contributed by atoms with E-state index in [0.29, 0.717) is 30.1 Å². The Balaban J connectivity index is 1.42. The van der Waals surface area contributed by atoms with Crippen molar-refractivity contribution in [2.24, 2.45) is 0 Å². The van der Waals surface area contributed by atoms with Gasteiger partial charge in [-0.15, -0.1) is 5.10 Å². The number of carbonyl (C=O) groups excluding carboxylic acids is 2. The standard InChI is InChI=1S/C22H21BrN4O3/c1-30-22(29)16-4-2-14(3-5-16)12-13-24-21(28)19-20(15-6-7-15)27(26-25-19)18-10-8-17(23)9-11-18/h2-5,8-11,15H,6-7,12-13H2,1H3,(H,24,28). The smallest absolute Gasteiger partial charge is 0.337 e. The molecule has 7 nitrogen and oxygen atoms in total. The van der Waals surface area contributed by atoms with E-state index in [1.54, 1.807) is 16.8 Å². The van der Waals surface area contributed by atoms with Gasteiger partial charge < -0.3 is 10.1 Å². The highest BCUT2D eigenvalue weighted by molar-refractivity contribution is 9.10. The third kappa shape index (κ3) is 4.43. The number of nitrogens with one attached hydrogen (secondary N) is 1. The lowest BCUT2D eigenvalue weighted by Crippen LogP contribution is -2.27. The number of ether oxygens (including phenoxy) is 1. The van der Waals surface area contributed by atoms with Crippen molar-refractivity contribution in [3.63, 3.8) is 0 Å². The Morgan fingerprint density at radius 3 is 2.47 bits per heavy atom. The molecule has 0 spiro atoms. The first-order chi connectivity index (χ1) is 14.6. The third-order valence-corrected chi connectivity index (χ3v) is 5.56. The second-order valence-corrected chi connectivity index (χ2v) is 8.10. The summed E-state index contributed by atoms with van der Waals surface area (Å²) in [4.78, 5) is 24.3. The van der Waals surface area contributed by atoms with E-state index in [1.165, 1.54) is 7.11 Å². The lowest BCUT2D eigenvalue weighted by atomic mass is 10.1. The van der Waals surface area contributed by atoms with Crippen LogP contribution in [0.5, 0.6) is 0 Å². The van der Waals surface area contributed by atoms with Crippen molar-refractivity contribution in [2.75, 3.05) is 13.7 Å². The summed E-state index contributed by atoms with van der Waals surface area (Å²) >= 11 is 3.44. The zero-order valence-electron chi connectivity index (χ0n) is 16.5. The van der Waals surface area contributed by atoms with Crippen molar-refractivity contribution in [1.29, 1.82) is 0 Å². The topological polar surface area (TPSA) is 86.1 Å². The molecule has 1 fully saturated rings. The second-order valence-electron chi connectivity index (χ2n) is 7.18. The number of rotatable bonds is 7. The predicted molar refractivity (Wildman–Crippen MR) is 115 cm³/mol. The number of amides is 1. The zero-order chi connectivity index (χ0) is 21.1. The van der Waals surface area contributed by atoms with Gasteiger partial charge in [-0.1, -0.05) is 33.3 Å². The van der Waals surface area contributed by atoms with Crippen molar-refractivity contribution in [1.82, 2.24) is 20.3 Å². The summed E-state index contributed by atoms with van der Waals surface area (Å²) < 4.78 is 7.45. The van der Waals surface area contributed by atoms with E-state index in [4.69, 9.17) is 4.74 Å². The van der Waals surface area contributed by atoms with Gasteiger partial charge in [0.15, 0.2) is 5.69 Å². The lowest BCUT2D eigenvalue weighted by Gasteiger charge is -2.08. The summed E-state index contributed by atoms with van der Waals surface area (Å²) in [6.07, 6.45) is 2.72. The van der Waals surface area contributed by atoms with Crippen molar-refractivity contribution < 1.29 is 14.3 Å². The molecule has 1 aliphatic rings. The fraction of sp³-hybridized carbons (Fsp3) is 0.273. The van der Waals surface area contributed by atoms with Crippen LogP contribution in [0, 0.1) is 0 Å². The van der Waals surface area contributed by atoms with E-state index >= 15 is 0 Å². The highest BCUT2D eigenvalue weighted by atomic mass is 79.9. The quantitative estimate of drug-likeness (QED) is 0.534. The zero-order valence-corrected chi connectivity index (χ0v) is 18.1. The van der Waals surface area contributed by atoms with Gasteiger partial charge in [0.2, 0.25) is 0 Å². The first-order valence-corrected chi connectivity index (χ1v) is 10.5. The Labute approximate surface area is 182 Å². The molecule has 0 bridgehead atoms. The fourth-order valence-corrected chi connectivity index (χ4v) is 3.54. The molecular weight excluding hydrogens is 448 g/mol. The second kappa shape index (κ2) is 8.79. The monoisotopic (exact) mass is 468 g/mol. The molecule has 4 rings (SSSR count). The van der Waals surface area contributed by atoms with Crippen LogP contribution < -0.4 is 5.32 Å². The van der Waals surface area contributed by atoms with Gasteiger partial charge in [0.1, 0.15) is 0 Å². The summed E-state index contributed by atoms with van der Waals surface area (Å²) in [6, 6.07) is 14.9. The number of esters is 1. The van der Waals surface area contributed by atoms with Crippen LogP contribution in [-0.2, 0) is 11.2 Å². The minimum atomic E-state index is -0.365. The minimum Gasteiger partial charge on any atom is -0.465 e. The molecule has 30 heavy (non-hydrogen) atoms. The van der Waals surface area contributed by atoms with Crippen LogP contribution in [0.3, 0.4) is 0 Å². The lowest BCUT2D eigenvalue weighted by molar-refractivity contribution is 0.0600. The number of hydrogen-bond acceptors (Lipinski definition) is 5. The van der Waals surface area contributed by atoms with E-state index in [0.717, 1.165) is 34.3 Å². The normalized spacial score (nSPS) is 13.1. The molecule has 1 aliphatic carbocycles. The molecule has 1 aromatic heterocycles. The Morgan fingerprint density at radius 1 is 1.13 bits per heavy atom. The fourth-order valence-electron chi connectivity index (χ4n) is 3.28. The molecule has 3 aromatic rings. The number of aromatic nitrogens is 3. The maximum atomic E-state index is 12.8. The van der Waals surface area contributed by atoms with Crippen LogP contribution in [0.15, 0.2) is 53.0 Å². The molecule has 0 radical (unpaired) electrons. The molecule has 154 valence electrons. The molecule has 0 unspecified atom stereocenters. The maximum Gasteiger partial charge on any atom is 0.337 e. The molecule has 0 saturated heterocycles. The molecule has 0 atom stereocenters. The van der Waals surface area contributed by atoms with Crippen molar-refractivity contribution >= 4 is 27.8 Å². The summed E-state index contributed by atoms with van der Waals surface area (Å²) in [7, 11) is 1.36. The summed E-state index contributed by atoms with van der Waals surface area (Å²) in [5.41, 5.74) is 3.67. The van der Waals surface area contributed by atoms with Crippen LogP contribution in [0.2, 0.25) is 0 Å². The molecule has 1 heterocycles. The molecule has 1 amide bonds. The van der Waals surface area contributed by atoms with E-state index in [1.807, 2.05) is 36.4 Å². The Morgan fingerprint density at radius 2 is 1.83 bits per heavy atom. The Bertz CT molecular complexity index is 1060. The van der Waals surface area contributed by atoms with Gasteiger partial charge in [-0.05, 0) is 61.2 Å². The van der Waals surface area contributed by atoms with Gasteiger partial charge in [-0.25, -0.2) is 9.48 Å². The predicted octanol–water partition coefficient (Wildman–Crippen LogP) is 3.67. The van der Waals surface area contributed by atoms with Gasteiger partial charge in [-0.3, -0.25) is 4.79 Å². The van der Waals surface area contributed by atoms with Crippen LogP contribution in [0.25, 0.3) is 5.69 Å². The van der Waals surface area contributed by atoms with Crippen LogP contribution in [0.4, 0.5) is 0 Å². The largest absolute Gasteiger partial charge is 0.465 e. The molecule has 8 heteroatoms. The summed E-state index contributed by atoms with van der Waals surface area (Å²) in [5, 5.41) is 11.4. The van der Waals surface area contributed by atoms with Gasteiger partial charge in [0.05, 0.1) is 24.1 Å². The van der Waals surface area contributed by atoms with E-state index in [-0.39, 0.29) is 11.9 Å². The number of hydrogen-bond donors (Lipinski definition) is 1. The van der Waals surface area contributed by atoms with Crippen LogP contribution >= 0.6 is 15.9 Å². The first-order valence-electron chi connectivity index (χ1n) is 9.74. The SMILES string of the molecule is COC(=O)c1ccc(CCNC(=O)c2nnn(-c3ccc(Br)cc3)c2C2CC2)cc1. The maximum absolute atomic E-state index is 12.8. The van der Waals surface area contributed by atoms with Crippen LogP contribution in [-0.4, -0.2) is 40.5 Å². The van der Waals surface area contributed by atoms with E-state index in [9.17, 15) is 9.59 Å². The first kappa shape index (κ1) is 20.3. The molecule has 0 aliphatic heterocycles. The number of nitrogens with zero attached hydrogens (tertiary/aromatic N) is 3. The van der Waals surface area contributed by atoms with Gasteiger partial charge >= 0.3 is 5.97 Å². The van der Waals surface area contributed by atoms with E-state index in [2.05, 4.69) is 31.6 Å². The van der Waals surface area contributed by atoms with Gasteiger partial charge in [0, 0.05) is 16.9 Å². The molecule has 1 saturated carbocycles. The highest BCUT2D eigenvalue weighted by Crippen LogP contribution is 2.42. The Kier molecular flexibility index (Phi) is 5.94. The summed E-state index contributed by atoms with van der Waals surface area (Å²) in [6.45, 7) is 0.464. The van der Waals surface area contributed by atoms with Crippen molar-refractivity contribution in [2.45, 2.75) is 25.2 Å². The average molecular weight is 469 g/mol. The minimum absolute atomic E-state index is 0.216. The van der Waals surface area contributed by atoms with Crippen molar-refractivity contribution in [3.8, 4) is 5.69 Å². The van der Waals surface area contributed by atoms with Gasteiger partial charge in [0.25, 0.3) is 5.91 Å². The van der Waals surface area contributed by atoms with Crippen molar-refractivity contribution in [3.05, 3.63) is 75.5 Å². The number of carbonyl (C=O) groups is 2. The van der Waals surface area contributed by atoms with Crippen LogP contribution in [0.1, 0.15) is 50.9 Å². The van der Waals surface area contributed by atoms with E-state index < -0.39 is 0 Å². The molecule has 2 aromatic carbocycles. The number of halogens is 1. The number of benzene rings is 2. The number of methoxy groups -OCH3 is 1. The average Bonchev–Trinajstić information content (AvgIpc) is 3.52. The Hall–Kier alpha value is -3.00. The molecule has 1 N–H and O–H groups in total. The highest BCUT2D eigenvalue weighted by Gasteiger charge is 2.34. The summed E-state index contributed by atoms with van der Waals surface area (Å²) in [5.74, 6) is -0.266. The third-order valence-electron chi connectivity index (χ3n) is 5.03. The molecular formula is C22H21BrN4O3.